The first-order valence-electron chi connectivity index (χ1n) is 6.03. The third-order valence-electron chi connectivity index (χ3n) is 3.35. The average molecular weight is 242 g/mol. The van der Waals surface area contributed by atoms with Gasteiger partial charge < -0.3 is 10.0 Å². The van der Waals surface area contributed by atoms with Crippen LogP contribution in [0.15, 0.2) is 36.5 Å². The summed E-state index contributed by atoms with van der Waals surface area (Å²) < 4.78 is 0. The van der Waals surface area contributed by atoms with Gasteiger partial charge in [-0.15, -0.1) is 0 Å². The molecule has 0 atom stereocenters. The van der Waals surface area contributed by atoms with E-state index >= 15 is 0 Å². The van der Waals surface area contributed by atoms with E-state index in [9.17, 15) is 4.79 Å². The molecule has 1 fully saturated rings. The van der Waals surface area contributed by atoms with Crippen LogP contribution in [0.2, 0.25) is 0 Å². The van der Waals surface area contributed by atoms with Crippen LogP contribution >= 0.6 is 0 Å². The fraction of sp³-hybridized carbons (Fsp3) is 0.286. The Morgan fingerprint density at radius 3 is 3.00 bits per heavy atom. The van der Waals surface area contributed by atoms with Crippen LogP contribution < -0.4 is 0 Å². The molecule has 2 aromatic rings. The lowest BCUT2D eigenvalue weighted by Crippen LogP contribution is -2.51. The van der Waals surface area contributed by atoms with Gasteiger partial charge in [-0.25, -0.2) is 0 Å². The van der Waals surface area contributed by atoms with E-state index in [1.165, 1.54) is 0 Å². The van der Waals surface area contributed by atoms with Crippen LogP contribution in [0.1, 0.15) is 10.4 Å². The number of fused-ring (bicyclic) bond motifs is 1. The van der Waals surface area contributed by atoms with Gasteiger partial charge in [-0.1, -0.05) is 6.07 Å². The van der Waals surface area contributed by atoms with Crippen molar-refractivity contribution in [3.8, 4) is 0 Å². The molecular formula is C14H14N2O2. The molecular weight excluding hydrogens is 228 g/mol. The van der Waals surface area contributed by atoms with Crippen LogP contribution in [0.5, 0.6) is 0 Å². The number of aromatic nitrogens is 1. The Morgan fingerprint density at radius 2 is 2.22 bits per heavy atom. The molecule has 0 spiro atoms. The molecule has 0 bridgehead atoms. The van der Waals surface area contributed by atoms with E-state index in [-0.39, 0.29) is 18.4 Å². The summed E-state index contributed by atoms with van der Waals surface area (Å²) in [6.45, 7) is 1.46. The SMILES string of the molecule is O=C(c1ccc2ncccc2c1)N1CC(CO)C1. The quantitative estimate of drug-likeness (QED) is 0.863. The van der Waals surface area contributed by atoms with Crippen molar-refractivity contribution in [3.63, 3.8) is 0 Å². The van der Waals surface area contributed by atoms with Crippen molar-refractivity contribution in [2.75, 3.05) is 19.7 Å². The van der Waals surface area contributed by atoms with E-state index in [4.69, 9.17) is 5.11 Å². The lowest BCUT2D eigenvalue weighted by molar-refractivity contribution is 0.0362. The normalized spacial score (nSPS) is 15.7. The van der Waals surface area contributed by atoms with E-state index in [2.05, 4.69) is 4.98 Å². The Balaban J connectivity index is 1.84. The number of aliphatic hydroxyl groups excluding tert-OH is 1. The Bertz CT molecular complexity index is 591. The van der Waals surface area contributed by atoms with Crippen molar-refractivity contribution in [2.45, 2.75) is 0 Å². The molecule has 18 heavy (non-hydrogen) atoms. The molecule has 0 saturated carbocycles. The molecule has 1 N–H and O–H groups in total. The smallest absolute Gasteiger partial charge is 0.253 e. The number of rotatable bonds is 2. The van der Waals surface area contributed by atoms with E-state index in [0.717, 1.165) is 10.9 Å². The molecule has 0 aliphatic carbocycles. The van der Waals surface area contributed by atoms with Crippen LogP contribution in [-0.4, -0.2) is 40.6 Å². The van der Waals surface area contributed by atoms with Gasteiger partial charge in [0.1, 0.15) is 0 Å². The van der Waals surface area contributed by atoms with Gasteiger partial charge in [0, 0.05) is 42.8 Å². The summed E-state index contributed by atoms with van der Waals surface area (Å²) in [5.74, 6) is 0.279. The summed E-state index contributed by atoms with van der Waals surface area (Å²) in [6.07, 6.45) is 1.74. The van der Waals surface area contributed by atoms with Crippen LogP contribution in [0.4, 0.5) is 0 Å². The van der Waals surface area contributed by atoms with Crippen molar-refractivity contribution in [1.82, 2.24) is 9.88 Å². The van der Waals surface area contributed by atoms with Crippen molar-refractivity contribution in [3.05, 3.63) is 42.1 Å². The second kappa shape index (κ2) is 4.38. The number of pyridine rings is 1. The van der Waals surface area contributed by atoms with Crippen LogP contribution in [0, 0.1) is 5.92 Å². The Morgan fingerprint density at radius 1 is 1.39 bits per heavy atom. The molecule has 1 aliphatic heterocycles. The van der Waals surface area contributed by atoms with Gasteiger partial charge in [0.25, 0.3) is 5.91 Å². The number of likely N-dealkylation sites (tertiary alicyclic amines) is 1. The number of carbonyl (C=O) groups excluding carboxylic acids is 1. The van der Waals surface area contributed by atoms with Gasteiger partial charge in [-0.2, -0.15) is 0 Å². The van der Waals surface area contributed by atoms with Gasteiger partial charge in [-0.3, -0.25) is 9.78 Å². The molecule has 1 aliphatic rings. The minimum atomic E-state index is 0.0328. The number of aliphatic hydroxyl groups is 1. The van der Waals surface area contributed by atoms with E-state index in [1.807, 2.05) is 30.3 Å². The highest BCUT2D eigenvalue weighted by Gasteiger charge is 2.30. The first-order valence-corrected chi connectivity index (χ1v) is 6.03. The fourth-order valence-electron chi connectivity index (χ4n) is 2.24. The number of hydrogen-bond donors (Lipinski definition) is 1. The van der Waals surface area contributed by atoms with Gasteiger partial charge in [-0.05, 0) is 24.3 Å². The highest BCUT2D eigenvalue weighted by Crippen LogP contribution is 2.20. The third-order valence-corrected chi connectivity index (χ3v) is 3.35. The maximum Gasteiger partial charge on any atom is 0.253 e. The zero-order valence-corrected chi connectivity index (χ0v) is 9.91. The maximum absolute atomic E-state index is 12.2. The van der Waals surface area contributed by atoms with Gasteiger partial charge >= 0.3 is 0 Å². The Kier molecular flexibility index (Phi) is 2.72. The van der Waals surface area contributed by atoms with Crippen LogP contribution in [0.25, 0.3) is 10.9 Å². The number of hydrogen-bond acceptors (Lipinski definition) is 3. The summed E-state index contributed by atoms with van der Waals surface area (Å²) in [6, 6.07) is 9.36. The monoisotopic (exact) mass is 242 g/mol. The Hall–Kier alpha value is -1.94. The third kappa shape index (κ3) is 1.84. The summed E-state index contributed by atoms with van der Waals surface area (Å²) in [7, 11) is 0. The molecule has 1 aromatic carbocycles. The predicted octanol–water partition coefficient (Wildman–Crippen LogP) is 1.30. The second-order valence-electron chi connectivity index (χ2n) is 4.67. The molecule has 3 rings (SSSR count). The molecule has 2 heterocycles. The number of carbonyl (C=O) groups is 1. The largest absolute Gasteiger partial charge is 0.396 e. The van der Waals surface area contributed by atoms with E-state index in [0.29, 0.717) is 18.7 Å². The van der Waals surface area contributed by atoms with E-state index < -0.39 is 0 Å². The van der Waals surface area contributed by atoms with Crippen molar-refractivity contribution in [2.24, 2.45) is 5.92 Å². The highest BCUT2D eigenvalue weighted by atomic mass is 16.3. The van der Waals surface area contributed by atoms with E-state index in [1.54, 1.807) is 11.1 Å². The molecule has 4 heteroatoms. The molecule has 1 saturated heterocycles. The van der Waals surface area contributed by atoms with Gasteiger partial charge in [0.2, 0.25) is 0 Å². The lowest BCUT2D eigenvalue weighted by atomic mass is 9.99. The molecule has 1 amide bonds. The van der Waals surface area contributed by atoms with Crippen LogP contribution in [0.3, 0.4) is 0 Å². The molecule has 92 valence electrons. The zero-order valence-electron chi connectivity index (χ0n) is 9.91. The minimum absolute atomic E-state index is 0.0328. The summed E-state index contributed by atoms with van der Waals surface area (Å²) in [5.41, 5.74) is 1.58. The van der Waals surface area contributed by atoms with Crippen molar-refractivity contribution < 1.29 is 9.90 Å². The molecule has 1 aromatic heterocycles. The number of nitrogens with zero attached hydrogens (tertiary/aromatic N) is 2. The van der Waals surface area contributed by atoms with Gasteiger partial charge in [0.15, 0.2) is 0 Å². The first kappa shape index (κ1) is 11.2. The van der Waals surface area contributed by atoms with Gasteiger partial charge in [0.05, 0.1) is 5.52 Å². The average Bonchev–Trinajstić information content (AvgIpc) is 2.37. The zero-order chi connectivity index (χ0) is 12.5. The lowest BCUT2D eigenvalue weighted by Gasteiger charge is -2.38. The van der Waals surface area contributed by atoms with Crippen molar-refractivity contribution >= 4 is 16.8 Å². The summed E-state index contributed by atoms with van der Waals surface area (Å²) >= 11 is 0. The first-order chi connectivity index (χ1) is 8.78. The van der Waals surface area contributed by atoms with Crippen LogP contribution in [-0.2, 0) is 0 Å². The molecule has 0 radical (unpaired) electrons. The molecule has 4 nitrogen and oxygen atoms in total. The molecule has 0 unspecified atom stereocenters. The predicted molar refractivity (Wildman–Crippen MR) is 68.2 cm³/mol. The minimum Gasteiger partial charge on any atom is -0.396 e. The number of benzene rings is 1. The summed E-state index contributed by atoms with van der Waals surface area (Å²) in [4.78, 5) is 18.1. The fourth-order valence-corrected chi connectivity index (χ4v) is 2.24. The standard InChI is InChI=1S/C14H14N2O2/c17-9-10-7-16(8-10)14(18)12-3-4-13-11(6-12)2-1-5-15-13/h1-6,10,17H,7-9H2. The second-order valence-corrected chi connectivity index (χ2v) is 4.67. The number of amides is 1. The Labute approximate surface area is 105 Å². The maximum atomic E-state index is 12.2. The topological polar surface area (TPSA) is 53.4 Å². The highest BCUT2D eigenvalue weighted by molar-refractivity contribution is 5.98. The van der Waals surface area contributed by atoms with Crippen molar-refractivity contribution in [1.29, 1.82) is 0 Å². The summed E-state index contributed by atoms with van der Waals surface area (Å²) in [5, 5.41) is 9.93.